The highest BCUT2D eigenvalue weighted by Crippen LogP contribution is 2.45. The number of aliphatic hydroxyl groups excluding tert-OH is 1. The predicted molar refractivity (Wildman–Crippen MR) is 349 cm³/mol. The third-order valence-electron chi connectivity index (χ3n) is 15.4. The Morgan fingerprint density at radius 3 is 1.02 bits per heavy atom. The molecular weight excluding hydrogens is 1150 g/mol. The lowest BCUT2D eigenvalue weighted by Gasteiger charge is -2.21. The number of hydrogen-bond donors (Lipinski definition) is 3. The lowest BCUT2D eigenvalue weighted by Crippen LogP contribution is -2.30. The van der Waals surface area contributed by atoms with E-state index >= 15 is 0 Å². The monoisotopic (exact) mass is 1280 g/mol. The Bertz CT molecular complexity index is 1810. The Balaban J connectivity index is 5.28. The quantitative estimate of drug-likeness (QED) is 0.0169. The molecule has 0 rings (SSSR count). The number of unbranched alkanes of at least 4 members (excludes halogenated alkanes) is 28. The largest absolute Gasteiger partial charge is 0.472 e. The molecular formula is C68H128O17P2. The second-order valence-corrected chi connectivity index (χ2v) is 28.0. The average molecular weight is 1280 g/mol. The Hall–Kier alpha value is -2.46. The molecule has 0 amide bonds. The van der Waals surface area contributed by atoms with Crippen LogP contribution in [-0.4, -0.2) is 96.7 Å². The van der Waals surface area contributed by atoms with Crippen LogP contribution in [-0.2, 0) is 65.4 Å². The number of rotatable bonds is 64. The Morgan fingerprint density at radius 2 is 0.678 bits per heavy atom. The summed E-state index contributed by atoms with van der Waals surface area (Å²) in [6.45, 7) is 11.6. The van der Waals surface area contributed by atoms with Gasteiger partial charge in [-0.1, -0.05) is 259 Å². The number of allylic oxidation sites excluding steroid dienone is 4. The topological polar surface area (TPSA) is 237 Å². The van der Waals surface area contributed by atoms with E-state index in [0.717, 1.165) is 121 Å². The van der Waals surface area contributed by atoms with Crippen molar-refractivity contribution < 1.29 is 80.2 Å². The second kappa shape index (κ2) is 58.6. The van der Waals surface area contributed by atoms with Gasteiger partial charge in [0.1, 0.15) is 19.3 Å². The number of carbonyl (C=O) groups is 4. The molecule has 3 N–H and O–H groups in total. The van der Waals surface area contributed by atoms with Crippen molar-refractivity contribution in [1.29, 1.82) is 0 Å². The lowest BCUT2D eigenvalue weighted by atomic mass is 10.00. The van der Waals surface area contributed by atoms with Crippen molar-refractivity contribution in [3.8, 4) is 0 Å². The smallest absolute Gasteiger partial charge is 0.462 e. The number of aliphatic hydroxyl groups is 1. The summed E-state index contributed by atoms with van der Waals surface area (Å²) in [5.74, 6) is -0.000275. The molecule has 512 valence electrons. The van der Waals surface area contributed by atoms with E-state index in [1.165, 1.54) is 103 Å². The minimum absolute atomic E-state index is 0.0835. The van der Waals surface area contributed by atoms with Gasteiger partial charge in [-0.2, -0.15) is 0 Å². The molecule has 0 bridgehead atoms. The fourth-order valence-corrected chi connectivity index (χ4v) is 11.2. The standard InChI is InChI=1S/C68H128O17P2/c1-8-10-11-12-13-14-15-16-17-18-19-22-28-37-44-51-67(72)84-64(56-79-66(71)50-43-36-31-30-34-41-48-61(7)9-2)58-83-87(76,77)81-54-62(69)53-80-86(74,75)82-57-63(85-68(73)52-45-38-29-24-26-33-40-47-60(5)6)55-78-65(70)49-42-35-27-23-20-21-25-32-39-46-59(3)4/h14-17,59-64,69H,8-13,18-58H2,1-7H3,(H,74,75)(H,76,77)/b15-14-,17-16-/t61?,62-,63-,64-/m1/s1. The fraction of sp³-hybridized carbons (Fsp3) is 0.882. The SMILES string of the molecule is CCCCCC/C=C\C=C/CCCCCCCC(=O)O[C@H](COC(=O)CCCCCCCCC(C)CC)COP(=O)(O)OC[C@H](O)COP(=O)(O)OC[C@@H](COC(=O)CCCCCCCCCCCC(C)C)OC(=O)CCCCCCCCCC(C)C. The minimum atomic E-state index is -4.96. The van der Waals surface area contributed by atoms with Crippen molar-refractivity contribution in [3.05, 3.63) is 24.3 Å². The summed E-state index contributed by atoms with van der Waals surface area (Å²) >= 11 is 0. The van der Waals surface area contributed by atoms with E-state index in [2.05, 4.69) is 72.8 Å². The first-order valence-corrected chi connectivity index (χ1v) is 37.7. The van der Waals surface area contributed by atoms with Crippen LogP contribution in [0, 0.1) is 17.8 Å². The predicted octanol–water partition coefficient (Wildman–Crippen LogP) is 18.6. The summed E-state index contributed by atoms with van der Waals surface area (Å²) in [7, 11) is -9.91. The van der Waals surface area contributed by atoms with Crippen LogP contribution in [0.5, 0.6) is 0 Å². The van der Waals surface area contributed by atoms with Gasteiger partial charge in [0.2, 0.25) is 0 Å². The molecule has 19 heteroatoms. The van der Waals surface area contributed by atoms with Crippen LogP contribution in [0.3, 0.4) is 0 Å². The molecule has 17 nitrogen and oxygen atoms in total. The Labute approximate surface area is 529 Å². The molecule has 0 aromatic heterocycles. The zero-order valence-corrected chi connectivity index (χ0v) is 57.7. The average Bonchev–Trinajstić information content (AvgIpc) is 3.56. The van der Waals surface area contributed by atoms with Crippen molar-refractivity contribution >= 4 is 39.5 Å². The van der Waals surface area contributed by atoms with E-state index in [1.807, 2.05) is 0 Å². The van der Waals surface area contributed by atoms with Gasteiger partial charge in [0.05, 0.1) is 26.4 Å². The molecule has 3 unspecified atom stereocenters. The molecule has 0 aromatic rings. The van der Waals surface area contributed by atoms with Crippen LogP contribution in [0.15, 0.2) is 24.3 Å². The zero-order chi connectivity index (χ0) is 64.5. The molecule has 0 radical (unpaired) electrons. The van der Waals surface area contributed by atoms with Gasteiger partial charge in [-0.05, 0) is 69.1 Å². The molecule has 0 saturated carbocycles. The van der Waals surface area contributed by atoms with Crippen LogP contribution < -0.4 is 0 Å². The molecule has 87 heavy (non-hydrogen) atoms. The molecule has 0 saturated heterocycles. The van der Waals surface area contributed by atoms with Gasteiger partial charge in [0.25, 0.3) is 0 Å². The molecule has 0 aliphatic heterocycles. The third-order valence-corrected chi connectivity index (χ3v) is 17.3. The van der Waals surface area contributed by atoms with Crippen LogP contribution >= 0.6 is 15.6 Å². The van der Waals surface area contributed by atoms with Crippen molar-refractivity contribution in [1.82, 2.24) is 0 Å². The second-order valence-electron chi connectivity index (χ2n) is 25.1. The maximum atomic E-state index is 13.0. The molecule has 6 atom stereocenters. The van der Waals surface area contributed by atoms with Crippen LogP contribution in [0.4, 0.5) is 0 Å². The van der Waals surface area contributed by atoms with Crippen molar-refractivity contribution in [2.45, 2.75) is 330 Å². The Morgan fingerprint density at radius 1 is 0.379 bits per heavy atom. The van der Waals surface area contributed by atoms with Gasteiger partial charge in [-0.15, -0.1) is 0 Å². The van der Waals surface area contributed by atoms with E-state index in [1.54, 1.807) is 0 Å². The summed E-state index contributed by atoms with van der Waals surface area (Å²) in [5.41, 5.74) is 0. The van der Waals surface area contributed by atoms with E-state index < -0.39 is 97.5 Å². The molecule has 0 fully saturated rings. The summed E-state index contributed by atoms with van der Waals surface area (Å²) < 4.78 is 68.1. The summed E-state index contributed by atoms with van der Waals surface area (Å²) in [5, 5.41) is 10.6. The zero-order valence-electron chi connectivity index (χ0n) is 56.0. The number of esters is 4. The van der Waals surface area contributed by atoms with Gasteiger partial charge in [-0.25, -0.2) is 9.13 Å². The molecule has 0 spiro atoms. The van der Waals surface area contributed by atoms with Crippen LogP contribution in [0.25, 0.3) is 0 Å². The first-order valence-electron chi connectivity index (χ1n) is 34.7. The van der Waals surface area contributed by atoms with E-state index in [9.17, 15) is 43.2 Å². The highest BCUT2D eigenvalue weighted by Gasteiger charge is 2.30. The fourth-order valence-electron chi connectivity index (χ4n) is 9.61. The van der Waals surface area contributed by atoms with Gasteiger partial charge < -0.3 is 33.8 Å². The summed E-state index contributed by atoms with van der Waals surface area (Å²) in [4.78, 5) is 72.4. The number of ether oxygens (including phenoxy) is 4. The lowest BCUT2D eigenvalue weighted by molar-refractivity contribution is -0.161. The number of carbonyl (C=O) groups excluding carboxylic acids is 4. The van der Waals surface area contributed by atoms with E-state index in [-0.39, 0.29) is 25.7 Å². The number of hydrogen-bond acceptors (Lipinski definition) is 15. The van der Waals surface area contributed by atoms with Crippen molar-refractivity contribution in [2.75, 3.05) is 39.6 Å². The van der Waals surface area contributed by atoms with Crippen LogP contribution in [0.1, 0.15) is 312 Å². The van der Waals surface area contributed by atoms with Crippen molar-refractivity contribution in [2.24, 2.45) is 17.8 Å². The van der Waals surface area contributed by atoms with Gasteiger partial charge in [-0.3, -0.25) is 37.3 Å². The summed E-state index contributed by atoms with van der Waals surface area (Å²) in [6.07, 6.45) is 44.0. The molecule has 0 aromatic carbocycles. The van der Waals surface area contributed by atoms with Gasteiger partial charge in [0.15, 0.2) is 12.2 Å². The number of phosphoric acid groups is 2. The maximum Gasteiger partial charge on any atom is 0.472 e. The van der Waals surface area contributed by atoms with Crippen LogP contribution in [0.2, 0.25) is 0 Å². The number of phosphoric ester groups is 2. The highest BCUT2D eigenvalue weighted by atomic mass is 31.2. The van der Waals surface area contributed by atoms with Crippen molar-refractivity contribution in [3.63, 3.8) is 0 Å². The summed E-state index contributed by atoms with van der Waals surface area (Å²) in [6, 6.07) is 0. The first-order chi connectivity index (χ1) is 41.8. The molecule has 0 heterocycles. The minimum Gasteiger partial charge on any atom is -0.462 e. The first kappa shape index (κ1) is 84.5. The normalized spacial score (nSPS) is 14.8. The molecule has 0 aliphatic carbocycles. The Kier molecular flexibility index (Phi) is 57.0. The maximum absolute atomic E-state index is 13.0. The molecule has 0 aliphatic rings. The highest BCUT2D eigenvalue weighted by molar-refractivity contribution is 7.47. The van der Waals surface area contributed by atoms with E-state index in [4.69, 9.17) is 37.0 Å². The van der Waals surface area contributed by atoms with E-state index in [0.29, 0.717) is 31.6 Å². The third kappa shape index (κ3) is 60.9. The van der Waals surface area contributed by atoms with Gasteiger partial charge in [0, 0.05) is 25.7 Å². The van der Waals surface area contributed by atoms with Gasteiger partial charge >= 0.3 is 39.5 Å².